The van der Waals surface area contributed by atoms with Crippen molar-refractivity contribution in [1.29, 1.82) is 0 Å². The maximum Gasteiger partial charge on any atom is 0.317 e. The first-order valence-corrected chi connectivity index (χ1v) is 7.73. The fraction of sp³-hybridized carbons (Fsp3) is 0.389. The number of benzene rings is 2. The van der Waals surface area contributed by atoms with Gasteiger partial charge in [-0.3, -0.25) is 0 Å². The van der Waals surface area contributed by atoms with Crippen molar-refractivity contribution in [2.45, 2.75) is 26.3 Å². The summed E-state index contributed by atoms with van der Waals surface area (Å²) in [6.45, 7) is 4.56. The van der Waals surface area contributed by atoms with Crippen molar-refractivity contribution >= 4 is 16.8 Å². The van der Waals surface area contributed by atoms with Crippen molar-refractivity contribution in [2.75, 3.05) is 13.1 Å². The Hall–Kier alpha value is -2.03. The van der Waals surface area contributed by atoms with Crippen LogP contribution in [0.3, 0.4) is 0 Å². The van der Waals surface area contributed by atoms with Crippen LogP contribution >= 0.6 is 0 Å². The summed E-state index contributed by atoms with van der Waals surface area (Å²) in [7, 11) is 0. The Morgan fingerprint density at radius 2 is 2.05 bits per heavy atom. The van der Waals surface area contributed by atoms with E-state index in [1.165, 1.54) is 22.8 Å². The van der Waals surface area contributed by atoms with Gasteiger partial charge in [-0.25, -0.2) is 4.79 Å². The molecule has 3 nitrogen and oxygen atoms in total. The van der Waals surface area contributed by atoms with Gasteiger partial charge in [0, 0.05) is 19.6 Å². The summed E-state index contributed by atoms with van der Waals surface area (Å²) in [4.78, 5) is 14.2. The van der Waals surface area contributed by atoms with E-state index in [9.17, 15) is 4.79 Å². The maximum absolute atomic E-state index is 12.3. The second-order valence-electron chi connectivity index (χ2n) is 5.99. The van der Waals surface area contributed by atoms with Gasteiger partial charge < -0.3 is 10.2 Å². The number of carbonyl (C=O) groups excluding carboxylic acids is 1. The molecule has 0 spiro atoms. The van der Waals surface area contributed by atoms with Crippen molar-refractivity contribution in [1.82, 2.24) is 10.2 Å². The molecule has 2 aromatic rings. The predicted octanol–water partition coefficient (Wildman–Crippen LogP) is 3.78. The molecule has 1 heterocycles. The lowest BCUT2D eigenvalue weighted by molar-refractivity contribution is 0.169. The molecular formula is C18H22N2O. The minimum absolute atomic E-state index is 0.0643. The lowest BCUT2D eigenvalue weighted by Crippen LogP contribution is -2.44. The van der Waals surface area contributed by atoms with Crippen LogP contribution in [0.5, 0.6) is 0 Å². The third kappa shape index (κ3) is 3.18. The molecule has 1 saturated heterocycles. The summed E-state index contributed by atoms with van der Waals surface area (Å²) in [6, 6.07) is 14.6. The Bertz CT molecular complexity index is 633. The standard InChI is InChI=1S/C18H22N2O/c1-14-6-5-11-20(13-14)18(21)19-12-16-9-4-8-15-7-2-3-10-17(15)16/h2-4,7-10,14H,5-6,11-13H2,1H3,(H,19,21). The third-order valence-corrected chi connectivity index (χ3v) is 4.25. The summed E-state index contributed by atoms with van der Waals surface area (Å²) in [5.74, 6) is 0.613. The second-order valence-corrected chi connectivity index (χ2v) is 5.99. The minimum atomic E-state index is 0.0643. The van der Waals surface area contributed by atoms with E-state index in [2.05, 4.69) is 36.5 Å². The van der Waals surface area contributed by atoms with Crippen molar-refractivity contribution in [3.63, 3.8) is 0 Å². The molecule has 3 heteroatoms. The van der Waals surface area contributed by atoms with Crippen LogP contribution in [0.1, 0.15) is 25.3 Å². The Kier molecular flexibility index (Phi) is 4.09. The fourth-order valence-electron chi connectivity index (χ4n) is 3.10. The van der Waals surface area contributed by atoms with Gasteiger partial charge >= 0.3 is 6.03 Å². The summed E-state index contributed by atoms with van der Waals surface area (Å²) in [6.07, 6.45) is 2.34. The number of fused-ring (bicyclic) bond motifs is 1. The number of likely N-dealkylation sites (tertiary alicyclic amines) is 1. The first-order valence-electron chi connectivity index (χ1n) is 7.73. The van der Waals surface area contributed by atoms with E-state index in [1.54, 1.807) is 0 Å². The molecule has 0 bridgehead atoms. The number of amides is 2. The van der Waals surface area contributed by atoms with Gasteiger partial charge in [0.05, 0.1) is 0 Å². The number of urea groups is 1. The van der Waals surface area contributed by atoms with Crippen molar-refractivity contribution in [3.8, 4) is 0 Å². The van der Waals surface area contributed by atoms with Crippen LogP contribution in [-0.2, 0) is 6.54 Å². The zero-order chi connectivity index (χ0) is 14.7. The average molecular weight is 282 g/mol. The van der Waals surface area contributed by atoms with E-state index < -0.39 is 0 Å². The lowest BCUT2D eigenvalue weighted by Gasteiger charge is -2.31. The quantitative estimate of drug-likeness (QED) is 0.893. The third-order valence-electron chi connectivity index (χ3n) is 4.25. The molecule has 110 valence electrons. The summed E-state index contributed by atoms with van der Waals surface area (Å²) < 4.78 is 0. The van der Waals surface area contributed by atoms with E-state index in [4.69, 9.17) is 0 Å². The maximum atomic E-state index is 12.3. The Labute approximate surface area is 125 Å². The number of nitrogens with one attached hydrogen (secondary N) is 1. The highest BCUT2D eigenvalue weighted by atomic mass is 16.2. The van der Waals surface area contributed by atoms with Crippen LogP contribution in [0, 0.1) is 5.92 Å². The normalized spacial score (nSPS) is 18.7. The number of hydrogen-bond acceptors (Lipinski definition) is 1. The van der Waals surface area contributed by atoms with Gasteiger partial charge in [0.1, 0.15) is 0 Å². The van der Waals surface area contributed by atoms with Gasteiger partial charge in [0.2, 0.25) is 0 Å². The van der Waals surface area contributed by atoms with Crippen LogP contribution in [0.15, 0.2) is 42.5 Å². The molecule has 1 aliphatic rings. The molecule has 1 atom stereocenters. The fourth-order valence-corrected chi connectivity index (χ4v) is 3.10. The number of piperidine rings is 1. The number of rotatable bonds is 2. The second kappa shape index (κ2) is 6.17. The molecule has 1 N–H and O–H groups in total. The highest BCUT2D eigenvalue weighted by molar-refractivity contribution is 5.86. The van der Waals surface area contributed by atoms with Gasteiger partial charge in [-0.15, -0.1) is 0 Å². The average Bonchev–Trinajstić information content (AvgIpc) is 2.52. The molecule has 21 heavy (non-hydrogen) atoms. The molecule has 0 radical (unpaired) electrons. The molecular weight excluding hydrogens is 260 g/mol. The molecule has 0 aromatic heterocycles. The van der Waals surface area contributed by atoms with Gasteiger partial charge in [-0.2, -0.15) is 0 Å². The van der Waals surface area contributed by atoms with Crippen LogP contribution in [-0.4, -0.2) is 24.0 Å². The molecule has 3 rings (SSSR count). The highest BCUT2D eigenvalue weighted by Gasteiger charge is 2.20. The van der Waals surface area contributed by atoms with Crippen molar-refractivity contribution < 1.29 is 4.79 Å². The van der Waals surface area contributed by atoms with E-state index in [0.717, 1.165) is 19.5 Å². The van der Waals surface area contributed by atoms with Gasteiger partial charge in [-0.1, -0.05) is 49.4 Å². The summed E-state index contributed by atoms with van der Waals surface area (Å²) in [5, 5.41) is 5.50. The zero-order valence-corrected chi connectivity index (χ0v) is 12.5. The lowest BCUT2D eigenvalue weighted by atomic mass is 10.0. The molecule has 0 saturated carbocycles. The van der Waals surface area contributed by atoms with Crippen LogP contribution in [0.25, 0.3) is 10.8 Å². The Morgan fingerprint density at radius 1 is 1.24 bits per heavy atom. The molecule has 1 fully saturated rings. The zero-order valence-electron chi connectivity index (χ0n) is 12.5. The minimum Gasteiger partial charge on any atom is -0.334 e. The van der Waals surface area contributed by atoms with E-state index in [1.807, 2.05) is 23.1 Å². The first kappa shape index (κ1) is 13.9. The van der Waals surface area contributed by atoms with Crippen LogP contribution < -0.4 is 5.32 Å². The predicted molar refractivity (Wildman–Crippen MR) is 86.2 cm³/mol. The highest BCUT2D eigenvalue weighted by Crippen LogP contribution is 2.19. The SMILES string of the molecule is CC1CCCN(C(=O)NCc2cccc3ccccc23)C1. The van der Waals surface area contributed by atoms with Crippen molar-refractivity contribution in [2.24, 2.45) is 5.92 Å². The van der Waals surface area contributed by atoms with Gasteiger partial charge in [0.25, 0.3) is 0 Å². The summed E-state index contributed by atoms with van der Waals surface area (Å²) >= 11 is 0. The number of carbonyl (C=O) groups is 1. The molecule has 0 aliphatic carbocycles. The monoisotopic (exact) mass is 282 g/mol. The van der Waals surface area contributed by atoms with E-state index in [-0.39, 0.29) is 6.03 Å². The molecule has 1 unspecified atom stereocenters. The van der Waals surface area contributed by atoms with Crippen LogP contribution in [0.4, 0.5) is 4.79 Å². The van der Waals surface area contributed by atoms with Gasteiger partial charge in [-0.05, 0) is 35.1 Å². The smallest absolute Gasteiger partial charge is 0.317 e. The number of hydrogen-bond donors (Lipinski definition) is 1. The largest absolute Gasteiger partial charge is 0.334 e. The molecule has 2 aromatic carbocycles. The Balaban J connectivity index is 1.67. The first-order chi connectivity index (χ1) is 10.2. The molecule has 1 aliphatic heterocycles. The Morgan fingerprint density at radius 3 is 2.90 bits per heavy atom. The van der Waals surface area contributed by atoms with Crippen molar-refractivity contribution in [3.05, 3.63) is 48.0 Å². The van der Waals surface area contributed by atoms with Crippen LogP contribution in [0.2, 0.25) is 0 Å². The number of nitrogens with zero attached hydrogens (tertiary/aromatic N) is 1. The summed E-state index contributed by atoms with van der Waals surface area (Å²) in [5.41, 5.74) is 1.17. The van der Waals surface area contributed by atoms with E-state index >= 15 is 0 Å². The molecule has 2 amide bonds. The topological polar surface area (TPSA) is 32.3 Å². The van der Waals surface area contributed by atoms with Gasteiger partial charge in [0.15, 0.2) is 0 Å². The van der Waals surface area contributed by atoms with E-state index in [0.29, 0.717) is 12.5 Å².